The van der Waals surface area contributed by atoms with E-state index in [1.807, 2.05) is 0 Å². The second-order valence-corrected chi connectivity index (χ2v) is 6.78. The number of hydrogen-bond acceptors (Lipinski definition) is 4. The molecule has 0 N–H and O–H groups in total. The first kappa shape index (κ1) is 20.4. The molecule has 0 bridgehead atoms. The molecule has 0 aliphatic carbocycles. The Bertz CT molecular complexity index is 1150. The molecule has 3 aromatic rings. The molecule has 1 aliphatic heterocycles. The molecule has 0 fully saturated rings. The van der Waals surface area contributed by atoms with Gasteiger partial charge in [-0.2, -0.15) is 13.2 Å². The Morgan fingerprint density at radius 1 is 1.00 bits per heavy atom. The van der Waals surface area contributed by atoms with Crippen LogP contribution in [0.15, 0.2) is 60.9 Å². The predicted octanol–water partition coefficient (Wildman–Crippen LogP) is 3.93. The molecule has 0 saturated carbocycles. The van der Waals surface area contributed by atoms with E-state index in [9.17, 15) is 18.0 Å². The minimum absolute atomic E-state index is 0.224. The van der Waals surface area contributed by atoms with Gasteiger partial charge in [0.1, 0.15) is 18.2 Å². The number of fused-ring (bicyclic) bond motifs is 1. The van der Waals surface area contributed by atoms with E-state index in [1.54, 1.807) is 41.6 Å². The topological polar surface area (TPSA) is 55.3 Å². The molecule has 4 rings (SSSR count). The molecule has 0 spiro atoms. The minimum Gasteiger partial charge on any atom is -0.491 e. The highest BCUT2D eigenvalue weighted by Gasteiger charge is 2.29. The van der Waals surface area contributed by atoms with Gasteiger partial charge in [-0.3, -0.25) is 4.79 Å². The van der Waals surface area contributed by atoms with Gasteiger partial charge in [0.2, 0.25) is 0 Å². The number of rotatable bonds is 2. The van der Waals surface area contributed by atoms with E-state index < -0.39 is 11.7 Å². The molecule has 5 nitrogen and oxygen atoms in total. The second kappa shape index (κ2) is 8.48. The number of benzene rings is 2. The highest BCUT2D eigenvalue weighted by Crippen LogP contribution is 2.29. The molecule has 2 heterocycles. The first-order chi connectivity index (χ1) is 14.9. The van der Waals surface area contributed by atoms with E-state index in [1.165, 1.54) is 12.1 Å². The molecule has 2 aromatic carbocycles. The van der Waals surface area contributed by atoms with Crippen LogP contribution >= 0.6 is 0 Å². The maximum atomic E-state index is 13.0. The SMILES string of the molecule is O=C1c2cc(C#Cc3ccc(C(F)(F)F)cc3)ccc2OCCN1Cc1ncccn1. The van der Waals surface area contributed by atoms with E-state index in [4.69, 9.17) is 4.74 Å². The van der Waals surface area contributed by atoms with E-state index in [0.29, 0.717) is 41.4 Å². The lowest BCUT2D eigenvalue weighted by Crippen LogP contribution is -2.32. The highest BCUT2D eigenvalue weighted by atomic mass is 19.4. The van der Waals surface area contributed by atoms with Crippen LogP contribution in [0.3, 0.4) is 0 Å². The summed E-state index contributed by atoms with van der Waals surface area (Å²) in [4.78, 5) is 23.0. The van der Waals surface area contributed by atoms with Crippen molar-refractivity contribution in [2.45, 2.75) is 12.7 Å². The fourth-order valence-corrected chi connectivity index (χ4v) is 3.06. The van der Waals surface area contributed by atoms with Gasteiger partial charge in [-0.15, -0.1) is 0 Å². The van der Waals surface area contributed by atoms with Gasteiger partial charge in [-0.05, 0) is 48.5 Å². The molecule has 0 atom stereocenters. The van der Waals surface area contributed by atoms with Gasteiger partial charge >= 0.3 is 6.18 Å². The fourth-order valence-electron chi connectivity index (χ4n) is 3.06. The largest absolute Gasteiger partial charge is 0.491 e. The maximum Gasteiger partial charge on any atom is 0.416 e. The summed E-state index contributed by atoms with van der Waals surface area (Å²) in [7, 11) is 0. The van der Waals surface area contributed by atoms with Crippen LogP contribution in [-0.2, 0) is 12.7 Å². The first-order valence-electron chi connectivity index (χ1n) is 9.41. The van der Waals surface area contributed by atoms with Crippen LogP contribution < -0.4 is 4.74 Å². The highest BCUT2D eigenvalue weighted by molar-refractivity contribution is 5.97. The summed E-state index contributed by atoms with van der Waals surface area (Å²) >= 11 is 0. The summed E-state index contributed by atoms with van der Waals surface area (Å²) in [5, 5.41) is 0. The van der Waals surface area contributed by atoms with Gasteiger partial charge in [0.05, 0.1) is 24.2 Å². The smallest absolute Gasteiger partial charge is 0.416 e. The van der Waals surface area contributed by atoms with Crippen molar-refractivity contribution in [1.29, 1.82) is 0 Å². The molecule has 0 unspecified atom stereocenters. The normalized spacial score (nSPS) is 13.5. The van der Waals surface area contributed by atoms with Gasteiger partial charge in [-0.25, -0.2) is 9.97 Å². The molecule has 0 radical (unpaired) electrons. The number of alkyl halides is 3. The molecule has 1 aliphatic rings. The van der Waals surface area contributed by atoms with Crippen LogP contribution in [0.4, 0.5) is 13.2 Å². The van der Waals surface area contributed by atoms with Crippen LogP contribution in [0.25, 0.3) is 0 Å². The maximum absolute atomic E-state index is 13.0. The summed E-state index contributed by atoms with van der Waals surface area (Å²) in [6.07, 6.45) is -1.16. The van der Waals surface area contributed by atoms with Crippen molar-refractivity contribution in [3.05, 3.63) is 89.0 Å². The van der Waals surface area contributed by atoms with Crippen molar-refractivity contribution in [1.82, 2.24) is 14.9 Å². The molecular weight excluding hydrogens is 407 g/mol. The average Bonchev–Trinajstić information content (AvgIpc) is 2.91. The third kappa shape index (κ3) is 4.83. The monoisotopic (exact) mass is 423 g/mol. The van der Waals surface area contributed by atoms with Gasteiger partial charge < -0.3 is 9.64 Å². The van der Waals surface area contributed by atoms with Crippen molar-refractivity contribution in [2.24, 2.45) is 0 Å². The standard InChI is InChI=1S/C23H16F3N3O2/c24-23(25,26)18-7-4-16(5-8-18)2-3-17-6-9-20-19(14-17)22(30)29(12-13-31-20)15-21-27-10-1-11-28-21/h1,4-11,14H,12-13,15H2. The van der Waals surface area contributed by atoms with Gasteiger partial charge in [-0.1, -0.05) is 11.8 Å². The summed E-state index contributed by atoms with van der Waals surface area (Å²) in [5.41, 5.74) is 0.628. The third-order valence-corrected chi connectivity index (χ3v) is 4.63. The Kier molecular flexibility index (Phi) is 5.58. The number of ether oxygens (including phenoxy) is 1. The number of hydrogen-bond donors (Lipinski definition) is 0. The number of nitrogens with zero attached hydrogens (tertiary/aromatic N) is 3. The van der Waals surface area contributed by atoms with Crippen LogP contribution in [0.2, 0.25) is 0 Å². The predicted molar refractivity (Wildman–Crippen MR) is 106 cm³/mol. The zero-order chi connectivity index (χ0) is 21.8. The number of carbonyl (C=O) groups is 1. The molecule has 1 aromatic heterocycles. The number of aromatic nitrogens is 2. The Labute approximate surface area is 176 Å². The van der Waals surface area contributed by atoms with Crippen molar-refractivity contribution in [3.63, 3.8) is 0 Å². The van der Waals surface area contributed by atoms with Gasteiger partial charge in [0.25, 0.3) is 5.91 Å². The Morgan fingerprint density at radius 2 is 1.68 bits per heavy atom. The van der Waals surface area contributed by atoms with E-state index in [-0.39, 0.29) is 12.5 Å². The van der Waals surface area contributed by atoms with Crippen molar-refractivity contribution in [3.8, 4) is 17.6 Å². The summed E-state index contributed by atoms with van der Waals surface area (Å²) in [5.74, 6) is 6.48. The number of carbonyl (C=O) groups excluding carboxylic acids is 1. The number of amides is 1. The minimum atomic E-state index is -4.39. The Hall–Kier alpha value is -3.86. The van der Waals surface area contributed by atoms with Crippen LogP contribution in [0.1, 0.15) is 32.9 Å². The summed E-state index contributed by atoms with van der Waals surface area (Å²) in [6.45, 7) is 0.977. The van der Waals surface area contributed by atoms with Crippen molar-refractivity contribution < 1.29 is 22.7 Å². The van der Waals surface area contributed by atoms with Crippen molar-refractivity contribution in [2.75, 3.05) is 13.2 Å². The van der Waals surface area contributed by atoms with E-state index >= 15 is 0 Å². The third-order valence-electron chi connectivity index (χ3n) is 4.63. The number of halogens is 3. The fraction of sp³-hybridized carbons (Fsp3) is 0.174. The quantitative estimate of drug-likeness (QED) is 0.586. The zero-order valence-electron chi connectivity index (χ0n) is 16.2. The van der Waals surface area contributed by atoms with E-state index in [2.05, 4.69) is 21.8 Å². The lowest BCUT2D eigenvalue weighted by atomic mass is 10.1. The second-order valence-electron chi connectivity index (χ2n) is 6.78. The first-order valence-corrected chi connectivity index (χ1v) is 9.41. The van der Waals surface area contributed by atoms with Gasteiger partial charge in [0.15, 0.2) is 0 Å². The van der Waals surface area contributed by atoms with E-state index in [0.717, 1.165) is 12.1 Å². The molecule has 0 saturated heterocycles. The Balaban J connectivity index is 1.56. The molecule has 8 heteroatoms. The van der Waals surface area contributed by atoms with Crippen LogP contribution in [0.5, 0.6) is 5.75 Å². The zero-order valence-corrected chi connectivity index (χ0v) is 16.2. The lowest BCUT2D eigenvalue weighted by molar-refractivity contribution is -0.137. The molecule has 1 amide bonds. The van der Waals surface area contributed by atoms with Crippen molar-refractivity contribution >= 4 is 5.91 Å². The Morgan fingerprint density at radius 3 is 2.39 bits per heavy atom. The van der Waals surface area contributed by atoms with Crippen LogP contribution in [-0.4, -0.2) is 33.9 Å². The van der Waals surface area contributed by atoms with Crippen LogP contribution in [0, 0.1) is 11.8 Å². The molecule has 31 heavy (non-hydrogen) atoms. The van der Waals surface area contributed by atoms with Gasteiger partial charge in [0, 0.05) is 23.5 Å². The average molecular weight is 423 g/mol. The molecular formula is C23H16F3N3O2. The summed E-state index contributed by atoms with van der Waals surface area (Å²) in [6, 6.07) is 11.3. The molecule has 156 valence electrons. The lowest BCUT2D eigenvalue weighted by Gasteiger charge is -2.18. The summed E-state index contributed by atoms with van der Waals surface area (Å²) < 4.78 is 43.7.